The smallest absolute Gasteiger partial charge is 0.339 e. The Bertz CT molecular complexity index is 3710. The van der Waals surface area contributed by atoms with Gasteiger partial charge in [-0.05, 0) is 155 Å². The number of benzene rings is 7. The monoisotopic (exact) mass is 1140 g/mol. The number of aromatic hydroxyl groups is 1. The van der Waals surface area contributed by atoms with Crippen LogP contribution in [0.1, 0.15) is 41.4 Å². The standard InChI is InChI=1S/C17H13ClN2O2.C16H11ClN2O2.C9H8N2.C8H6Cl2O2.C8H7ClO3/c1-22-16-5-3-13(18)9-15(16)17(21)20-14-4-2-11-6-7-19-10-12(11)8-14;17-12-2-4-15(20)14(8-12)16(21)19-13-3-1-10-5-6-18-9-11(10)7-13;10-9-2-1-7-3-4-11-6-8(7)5-9;2*1-12-7-3-2-5(9)4-6(7)8(10)11/h2-10H,1H3,(H,20,21);1-9,20H,(H,19,21);1-6H,10H2;2-4H,1H3;2-4H,1H3,(H,10,11). The van der Waals surface area contributed by atoms with Crippen LogP contribution in [0.15, 0.2) is 183 Å². The Morgan fingerprint density at radius 1 is 0.449 bits per heavy atom. The van der Waals surface area contributed by atoms with E-state index in [4.69, 9.17) is 83.1 Å². The van der Waals surface area contributed by atoms with Gasteiger partial charge in [-0.15, -0.1) is 0 Å². The number of nitrogen functional groups attached to an aromatic ring is 1. The largest absolute Gasteiger partial charge is 0.507 e. The zero-order valence-electron chi connectivity index (χ0n) is 41.4. The number of halogens is 5. The number of nitrogens with one attached hydrogen (secondary N) is 2. The number of phenols is 1. The molecule has 0 radical (unpaired) electrons. The van der Waals surface area contributed by atoms with Crippen molar-refractivity contribution in [2.24, 2.45) is 0 Å². The maximum absolute atomic E-state index is 12.4. The van der Waals surface area contributed by atoms with Gasteiger partial charge in [0, 0.05) is 90.5 Å². The van der Waals surface area contributed by atoms with Gasteiger partial charge in [-0.3, -0.25) is 29.3 Å². The van der Waals surface area contributed by atoms with E-state index in [1.165, 1.54) is 63.1 Å². The maximum atomic E-state index is 12.4. The molecule has 0 aliphatic carbocycles. The molecule has 2 amide bonds. The molecule has 15 nitrogen and oxygen atoms in total. The second-order valence-corrected chi connectivity index (χ2v) is 18.1. The number of carbonyl (C=O) groups excluding carboxylic acids is 3. The summed E-state index contributed by atoms with van der Waals surface area (Å²) in [5.41, 5.74) is 8.57. The number of methoxy groups -OCH3 is 3. The highest BCUT2D eigenvalue weighted by atomic mass is 35.5. The zero-order chi connectivity index (χ0) is 56.3. The number of carboxylic acids is 1. The van der Waals surface area contributed by atoms with E-state index in [1.807, 2.05) is 72.9 Å². The van der Waals surface area contributed by atoms with Crippen molar-refractivity contribution < 1.29 is 43.6 Å². The van der Waals surface area contributed by atoms with Gasteiger partial charge in [0.15, 0.2) is 0 Å². The molecule has 6 N–H and O–H groups in total. The SMILES string of the molecule is COc1ccc(Cl)cc1C(=O)Cl.COc1ccc(Cl)cc1C(=O)Nc1ccc2ccncc2c1.COc1ccc(Cl)cc1C(=O)O.Nc1ccc2ccncc2c1.O=C(Nc1ccc2ccncc2c1)c1cc(Cl)ccc1O. The van der Waals surface area contributed by atoms with Crippen molar-refractivity contribution in [2.75, 3.05) is 37.7 Å². The van der Waals surface area contributed by atoms with Crippen LogP contribution < -0.4 is 30.6 Å². The second-order valence-electron chi connectivity index (χ2n) is 16.0. The molecule has 0 unspecified atom stereocenters. The van der Waals surface area contributed by atoms with Gasteiger partial charge in [0.25, 0.3) is 17.1 Å². The summed E-state index contributed by atoms with van der Waals surface area (Å²) in [6.07, 6.45) is 10.5. The Balaban J connectivity index is 0.000000163. The number of nitrogens with zero attached hydrogens (tertiary/aromatic N) is 3. The number of amides is 2. The van der Waals surface area contributed by atoms with Crippen LogP contribution in [-0.2, 0) is 0 Å². The van der Waals surface area contributed by atoms with E-state index >= 15 is 0 Å². The van der Waals surface area contributed by atoms with Crippen LogP contribution in [0.3, 0.4) is 0 Å². The molecule has 0 aliphatic heterocycles. The average molecular weight is 1150 g/mol. The minimum absolute atomic E-state index is 0.0741. The van der Waals surface area contributed by atoms with Crippen molar-refractivity contribution in [2.45, 2.75) is 0 Å². The molecule has 0 spiro atoms. The quantitative estimate of drug-likeness (QED) is 0.0671. The molecule has 0 saturated carbocycles. The summed E-state index contributed by atoms with van der Waals surface area (Å²) in [7, 11) is 4.39. The lowest BCUT2D eigenvalue weighted by Crippen LogP contribution is -2.13. The molecule has 10 aromatic rings. The summed E-state index contributed by atoms with van der Waals surface area (Å²) in [5.74, 6) is -0.634. The van der Waals surface area contributed by atoms with Crippen molar-refractivity contribution in [3.63, 3.8) is 0 Å². The normalized spacial score (nSPS) is 10.2. The van der Waals surface area contributed by atoms with E-state index in [2.05, 4.69) is 25.6 Å². The lowest BCUT2D eigenvalue weighted by molar-refractivity contribution is 0.0692. The van der Waals surface area contributed by atoms with Crippen molar-refractivity contribution in [1.29, 1.82) is 0 Å². The van der Waals surface area contributed by atoms with E-state index in [1.54, 1.807) is 73.4 Å². The fourth-order valence-electron chi connectivity index (χ4n) is 7.05. The third-order valence-electron chi connectivity index (χ3n) is 10.8. The van der Waals surface area contributed by atoms with Gasteiger partial charge in [-0.2, -0.15) is 0 Å². The summed E-state index contributed by atoms with van der Waals surface area (Å²) in [5, 5.41) is 31.4. The molecule has 0 bridgehead atoms. The van der Waals surface area contributed by atoms with E-state index in [9.17, 15) is 24.3 Å². The van der Waals surface area contributed by atoms with Gasteiger partial charge in [0.1, 0.15) is 28.6 Å². The highest BCUT2D eigenvalue weighted by Crippen LogP contribution is 2.28. The first kappa shape index (κ1) is 58.6. The molecule has 0 fully saturated rings. The number of carbonyl (C=O) groups is 4. The van der Waals surface area contributed by atoms with Crippen molar-refractivity contribution in [1.82, 2.24) is 15.0 Å². The van der Waals surface area contributed by atoms with Crippen LogP contribution in [-0.4, -0.2) is 69.5 Å². The lowest BCUT2D eigenvalue weighted by Gasteiger charge is -2.10. The first-order valence-electron chi connectivity index (χ1n) is 22.8. The zero-order valence-corrected chi connectivity index (χ0v) is 45.2. The van der Waals surface area contributed by atoms with E-state index in [0.29, 0.717) is 54.3 Å². The number of carboxylic acid groups (broad SMARTS) is 1. The highest BCUT2D eigenvalue weighted by molar-refractivity contribution is 6.68. The summed E-state index contributed by atoms with van der Waals surface area (Å²) in [4.78, 5) is 58.1. The molecule has 0 aliphatic rings. The summed E-state index contributed by atoms with van der Waals surface area (Å²) in [6.45, 7) is 0. The molecule has 0 atom stereocenters. The molecule has 7 aromatic carbocycles. The van der Waals surface area contributed by atoms with Gasteiger partial charge in [0.2, 0.25) is 0 Å². The first-order chi connectivity index (χ1) is 37.5. The predicted molar refractivity (Wildman–Crippen MR) is 310 cm³/mol. The van der Waals surface area contributed by atoms with Gasteiger partial charge < -0.3 is 40.8 Å². The van der Waals surface area contributed by atoms with E-state index in [-0.39, 0.29) is 28.3 Å². The highest BCUT2D eigenvalue weighted by Gasteiger charge is 2.15. The van der Waals surface area contributed by atoms with Gasteiger partial charge in [0.05, 0.1) is 38.0 Å². The van der Waals surface area contributed by atoms with Crippen LogP contribution >= 0.6 is 58.0 Å². The summed E-state index contributed by atoms with van der Waals surface area (Å²) in [6, 6.07) is 41.1. The number of ether oxygens (including phenoxy) is 3. The van der Waals surface area contributed by atoms with Crippen LogP contribution in [0, 0.1) is 0 Å². The third-order valence-corrected chi connectivity index (χ3v) is 12.0. The Kier molecular flexibility index (Phi) is 21.3. The van der Waals surface area contributed by atoms with E-state index < -0.39 is 17.1 Å². The number of rotatable bonds is 9. The minimum Gasteiger partial charge on any atom is -0.507 e. The second kappa shape index (κ2) is 28.4. The molecule has 3 heterocycles. The Morgan fingerprint density at radius 3 is 1.27 bits per heavy atom. The molecule has 10 rings (SSSR count). The van der Waals surface area contributed by atoms with E-state index in [0.717, 1.165) is 32.6 Å². The fraction of sp³-hybridized carbons (Fsp3) is 0.0517. The van der Waals surface area contributed by atoms with Crippen molar-refractivity contribution in [3.05, 3.63) is 225 Å². The Labute approximate surface area is 472 Å². The lowest BCUT2D eigenvalue weighted by atomic mass is 10.1. The predicted octanol–water partition coefficient (Wildman–Crippen LogP) is 14.6. The minimum atomic E-state index is -1.05. The van der Waals surface area contributed by atoms with Crippen LogP contribution in [0.5, 0.6) is 23.0 Å². The molecule has 0 saturated heterocycles. The van der Waals surface area contributed by atoms with Gasteiger partial charge >= 0.3 is 5.97 Å². The average Bonchev–Trinajstić information content (AvgIpc) is 3.45. The number of nitrogens with two attached hydrogens (primary N) is 1. The number of hydrogen-bond donors (Lipinski definition) is 5. The molecule has 3 aromatic heterocycles. The number of hydrogen-bond acceptors (Lipinski definition) is 12. The van der Waals surface area contributed by atoms with Crippen LogP contribution in [0.25, 0.3) is 32.3 Å². The van der Waals surface area contributed by atoms with Gasteiger partial charge in [-0.25, -0.2) is 4.79 Å². The number of fused-ring (bicyclic) bond motifs is 3. The van der Waals surface area contributed by atoms with Gasteiger partial charge in [-0.1, -0.05) is 64.6 Å². The van der Waals surface area contributed by atoms with Crippen LogP contribution in [0.4, 0.5) is 17.1 Å². The first-order valence-corrected chi connectivity index (χ1v) is 24.7. The summed E-state index contributed by atoms with van der Waals surface area (Å²) < 4.78 is 14.9. The Morgan fingerprint density at radius 2 is 0.821 bits per heavy atom. The molecular formula is C58H45Cl5N6O9. The van der Waals surface area contributed by atoms with Crippen LogP contribution in [0.2, 0.25) is 20.1 Å². The molecule has 78 heavy (non-hydrogen) atoms. The fourth-order valence-corrected chi connectivity index (χ4v) is 7.89. The number of phenolic OH excluding ortho intramolecular Hbond substituents is 1. The number of anilines is 3. The van der Waals surface area contributed by atoms with Crippen molar-refractivity contribution >= 4 is 130 Å². The number of pyridine rings is 3. The maximum Gasteiger partial charge on any atom is 0.339 e. The third kappa shape index (κ3) is 16.6. The molecular weight excluding hydrogens is 1100 g/mol. The number of aromatic nitrogens is 3. The summed E-state index contributed by atoms with van der Waals surface area (Å²) >= 11 is 28.3. The topological polar surface area (TPSA) is 225 Å². The molecule has 396 valence electrons. The number of aromatic carboxylic acids is 1. The molecule has 20 heteroatoms. The Hall–Kier alpha value is -8.70. The van der Waals surface area contributed by atoms with Crippen molar-refractivity contribution in [3.8, 4) is 23.0 Å².